The average Bonchev–Trinajstić information content (AvgIpc) is 2.87. The van der Waals surface area contributed by atoms with Crippen LogP contribution in [-0.2, 0) is 9.53 Å². The van der Waals surface area contributed by atoms with Crippen LogP contribution in [0, 0.1) is 0 Å². The van der Waals surface area contributed by atoms with Gasteiger partial charge in [-0.05, 0) is 25.7 Å². The van der Waals surface area contributed by atoms with E-state index in [9.17, 15) is 4.79 Å². The molecule has 1 fully saturated rings. The van der Waals surface area contributed by atoms with Crippen molar-refractivity contribution < 1.29 is 9.53 Å². The van der Waals surface area contributed by atoms with Crippen LogP contribution in [0.25, 0.3) is 0 Å². The summed E-state index contributed by atoms with van der Waals surface area (Å²) in [7, 11) is 4.01. The van der Waals surface area contributed by atoms with Crippen molar-refractivity contribution >= 4 is 27.6 Å². The standard InChI is InChI=1S/C14H26O2S2/c1-2-3-4-7-11-16-14(15)9-6-5-8-13-10-12-17-18-13/h13H,2-12H2,1H3/t13-/m0/s1. The average molecular weight is 290 g/mol. The molecule has 1 saturated heterocycles. The molecule has 0 aliphatic carbocycles. The van der Waals surface area contributed by atoms with Gasteiger partial charge in [-0.3, -0.25) is 4.79 Å². The van der Waals surface area contributed by atoms with E-state index in [0.29, 0.717) is 13.0 Å². The summed E-state index contributed by atoms with van der Waals surface area (Å²) < 4.78 is 5.21. The highest BCUT2D eigenvalue weighted by Gasteiger charge is 2.15. The van der Waals surface area contributed by atoms with Gasteiger partial charge in [0, 0.05) is 17.4 Å². The summed E-state index contributed by atoms with van der Waals surface area (Å²) in [5.74, 6) is 1.30. The first kappa shape index (κ1) is 16.2. The Balaban J connectivity index is 1.84. The Bertz CT molecular complexity index is 216. The highest BCUT2D eigenvalue weighted by Crippen LogP contribution is 2.39. The summed E-state index contributed by atoms with van der Waals surface area (Å²) in [5.41, 5.74) is 0. The van der Waals surface area contributed by atoms with Crippen LogP contribution < -0.4 is 0 Å². The molecule has 0 amide bonds. The number of hydrogen-bond acceptors (Lipinski definition) is 4. The topological polar surface area (TPSA) is 26.3 Å². The van der Waals surface area contributed by atoms with Gasteiger partial charge in [0.2, 0.25) is 0 Å². The number of unbranched alkanes of at least 4 members (excludes halogenated alkanes) is 4. The third-order valence-corrected chi connectivity index (χ3v) is 6.15. The summed E-state index contributed by atoms with van der Waals surface area (Å²) in [6, 6.07) is 0. The van der Waals surface area contributed by atoms with Gasteiger partial charge in [-0.1, -0.05) is 54.2 Å². The number of carbonyl (C=O) groups is 1. The Kier molecular flexibility index (Phi) is 9.95. The Hall–Kier alpha value is 0.170. The molecule has 0 bridgehead atoms. The molecule has 0 aromatic rings. The van der Waals surface area contributed by atoms with Gasteiger partial charge in [-0.15, -0.1) is 0 Å². The molecule has 18 heavy (non-hydrogen) atoms. The van der Waals surface area contributed by atoms with E-state index in [1.807, 2.05) is 21.6 Å². The minimum Gasteiger partial charge on any atom is -0.466 e. The smallest absolute Gasteiger partial charge is 0.305 e. The number of carbonyl (C=O) groups excluding carboxylic acids is 1. The largest absolute Gasteiger partial charge is 0.466 e. The molecule has 1 atom stereocenters. The minimum atomic E-state index is -0.0000477. The van der Waals surface area contributed by atoms with E-state index in [1.54, 1.807) is 0 Å². The van der Waals surface area contributed by atoms with Crippen molar-refractivity contribution in [3.63, 3.8) is 0 Å². The van der Waals surface area contributed by atoms with Crippen molar-refractivity contribution in [2.75, 3.05) is 12.4 Å². The molecule has 1 heterocycles. The highest BCUT2D eigenvalue weighted by atomic mass is 33.1. The van der Waals surface area contributed by atoms with Crippen LogP contribution in [0.1, 0.15) is 64.7 Å². The second kappa shape index (κ2) is 11.0. The third-order valence-electron chi connectivity index (χ3n) is 3.15. The Labute approximate surface area is 119 Å². The molecule has 0 radical (unpaired) electrons. The molecule has 0 aromatic heterocycles. The summed E-state index contributed by atoms with van der Waals surface area (Å²) in [4.78, 5) is 11.4. The van der Waals surface area contributed by atoms with Gasteiger partial charge in [-0.2, -0.15) is 0 Å². The molecule has 106 valence electrons. The van der Waals surface area contributed by atoms with E-state index in [4.69, 9.17) is 4.74 Å². The SMILES string of the molecule is CCCCCCOC(=O)CCCC[C@H]1CCSS1. The van der Waals surface area contributed by atoms with Crippen molar-refractivity contribution in [2.24, 2.45) is 0 Å². The molecular formula is C14H26O2S2. The van der Waals surface area contributed by atoms with Crippen LogP contribution in [0.15, 0.2) is 0 Å². The molecule has 0 unspecified atom stereocenters. The van der Waals surface area contributed by atoms with E-state index >= 15 is 0 Å². The number of hydrogen-bond donors (Lipinski definition) is 0. The van der Waals surface area contributed by atoms with E-state index in [2.05, 4.69) is 6.92 Å². The molecule has 4 heteroatoms. The summed E-state index contributed by atoms with van der Waals surface area (Å²) in [6.45, 7) is 2.81. The quantitative estimate of drug-likeness (QED) is 0.327. The Morgan fingerprint density at radius 1 is 1.22 bits per heavy atom. The highest BCUT2D eigenvalue weighted by molar-refractivity contribution is 8.77. The van der Waals surface area contributed by atoms with Gasteiger partial charge in [0.05, 0.1) is 6.61 Å². The maximum atomic E-state index is 11.4. The molecule has 0 aromatic carbocycles. The normalized spacial score (nSPS) is 19.1. The maximum absolute atomic E-state index is 11.4. The zero-order chi connectivity index (χ0) is 13.1. The van der Waals surface area contributed by atoms with Crippen LogP contribution >= 0.6 is 21.6 Å². The number of rotatable bonds is 10. The van der Waals surface area contributed by atoms with Crippen LogP contribution in [0.4, 0.5) is 0 Å². The van der Waals surface area contributed by atoms with Gasteiger partial charge in [0.1, 0.15) is 0 Å². The first-order valence-electron chi connectivity index (χ1n) is 7.27. The van der Waals surface area contributed by atoms with Crippen molar-refractivity contribution in [1.82, 2.24) is 0 Å². The van der Waals surface area contributed by atoms with Crippen molar-refractivity contribution in [3.05, 3.63) is 0 Å². The van der Waals surface area contributed by atoms with Crippen LogP contribution in [-0.4, -0.2) is 23.6 Å². The van der Waals surface area contributed by atoms with Gasteiger partial charge < -0.3 is 4.74 Å². The first-order chi connectivity index (χ1) is 8.83. The first-order valence-corrected chi connectivity index (χ1v) is 9.65. The van der Waals surface area contributed by atoms with Crippen molar-refractivity contribution in [3.8, 4) is 0 Å². The van der Waals surface area contributed by atoms with Crippen LogP contribution in [0.3, 0.4) is 0 Å². The lowest BCUT2D eigenvalue weighted by Crippen LogP contribution is -2.06. The number of esters is 1. The molecule has 1 aliphatic rings. The lowest BCUT2D eigenvalue weighted by atomic mass is 10.1. The summed E-state index contributed by atoms with van der Waals surface area (Å²) >= 11 is 0. The lowest BCUT2D eigenvalue weighted by molar-refractivity contribution is -0.143. The molecule has 0 N–H and O–H groups in total. The van der Waals surface area contributed by atoms with E-state index in [1.165, 1.54) is 44.3 Å². The van der Waals surface area contributed by atoms with Gasteiger partial charge in [0.15, 0.2) is 0 Å². The van der Waals surface area contributed by atoms with Gasteiger partial charge in [-0.25, -0.2) is 0 Å². The minimum absolute atomic E-state index is 0.0000477. The summed E-state index contributed by atoms with van der Waals surface area (Å²) in [6.07, 6.45) is 10.1. The molecule has 0 spiro atoms. The van der Waals surface area contributed by atoms with E-state index in [0.717, 1.165) is 18.1 Å². The fourth-order valence-electron chi connectivity index (χ4n) is 1.99. The Morgan fingerprint density at radius 3 is 2.83 bits per heavy atom. The third kappa shape index (κ3) is 8.30. The van der Waals surface area contributed by atoms with Gasteiger partial charge in [0.25, 0.3) is 0 Å². The monoisotopic (exact) mass is 290 g/mol. The zero-order valence-electron chi connectivity index (χ0n) is 11.5. The second-order valence-corrected chi connectivity index (χ2v) is 7.64. The van der Waals surface area contributed by atoms with E-state index in [-0.39, 0.29) is 5.97 Å². The zero-order valence-corrected chi connectivity index (χ0v) is 13.1. The fraction of sp³-hybridized carbons (Fsp3) is 0.929. The molecule has 0 saturated carbocycles. The predicted molar refractivity (Wildman–Crippen MR) is 82.0 cm³/mol. The predicted octanol–water partition coefficient (Wildman–Crippen LogP) is 4.82. The van der Waals surface area contributed by atoms with E-state index < -0.39 is 0 Å². The van der Waals surface area contributed by atoms with Crippen molar-refractivity contribution in [1.29, 1.82) is 0 Å². The summed E-state index contributed by atoms with van der Waals surface area (Å²) in [5, 5.41) is 0.833. The van der Waals surface area contributed by atoms with Gasteiger partial charge >= 0.3 is 5.97 Å². The molecule has 1 aliphatic heterocycles. The number of ether oxygens (including phenoxy) is 1. The van der Waals surface area contributed by atoms with Crippen LogP contribution in [0.2, 0.25) is 0 Å². The molecular weight excluding hydrogens is 264 g/mol. The molecule has 1 rings (SSSR count). The second-order valence-electron chi connectivity index (χ2n) is 4.86. The Morgan fingerprint density at radius 2 is 2.11 bits per heavy atom. The lowest BCUT2D eigenvalue weighted by Gasteiger charge is -2.07. The molecule has 2 nitrogen and oxygen atoms in total. The van der Waals surface area contributed by atoms with Crippen LogP contribution in [0.5, 0.6) is 0 Å². The van der Waals surface area contributed by atoms with Crippen molar-refractivity contribution in [2.45, 2.75) is 70.0 Å². The fourth-order valence-corrected chi connectivity index (χ4v) is 5.02. The maximum Gasteiger partial charge on any atom is 0.305 e.